The van der Waals surface area contributed by atoms with Crippen LogP contribution < -0.4 is 9.47 Å². The zero-order valence-electron chi connectivity index (χ0n) is 14.1. The van der Waals surface area contributed by atoms with Gasteiger partial charge < -0.3 is 13.9 Å². The summed E-state index contributed by atoms with van der Waals surface area (Å²) in [5.41, 5.74) is 4.30. The zero-order valence-corrected chi connectivity index (χ0v) is 15.7. The van der Waals surface area contributed by atoms with Crippen LogP contribution in [0.5, 0.6) is 11.5 Å². The molecule has 0 radical (unpaired) electrons. The first kappa shape index (κ1) is 16.7. The molecule has 3 nitrogen and oxygen atoms in total. The van der Waals surface area contributed by atoms with Crippen LogP contribution in [-0.2, 0) is 0 Å². The third kappa shape index (κ3) is 2.94. The largest absolute Gasteiger partial charge is 0.493 e. The second-order valence-corrected chi connectivity index (χ2v) is 6.50. The maximum Gasteiger partial charge on any atom is 0.161 e. The van der Waals surface area contributed by atoms with Crippen LogP contribution in [0.2, 0.25) is 0 Å². The predicted molar refractivity (Wildman–Crippen MR) is 99.9 cm³/mol. The lowest BCUT2D eigenvalue weighted by Gasteiger charge is -2.08. The van der Waals surface area contributed by atoms with Crippen LogP contribution in [0.3, 0.4) is 0 Å². The van der Waals surface area contributed by atoms with Crippen molar-refractivity contribution < 1.29 is 13.9 Å². The van der Waals surface area contributed by atoms with Crippen molar-refractivity contribution in [3.8, 4) is 34.1 Å². The molecule has 4 heteroatoms. The van der Waals surface area contributed by atoms with E-state index in [9.17, 15) is 0 Å². The number of methoxy groups -OCH3 is 2. The van der Waals surface area contributed by atoms with Gasteiger partial charge in [0.25, 0.3) is 0 Å². The summed E-state index contributed by atoms with van der Waals surface area (Å²) >= 11 is 3.47. The van der Waals surface area contributed by atoms with Gasteiger partial charge in [-0.05, 0) is 55.3 Å². The van der Waals surface area contributed by atoms with Crippen LogP contribution in [0, 0.1) is 13.8 Å². The van der Waals surface area contributed by atoms with Gasteiger partial charge in [-0.25, -0.2) is 0 Å². The summed E-state index contributed by atoms with van der Waals surface area (Å²) in [6, 6.07) is 13.9. The van der Waals surface area contributed by atoms with Gasteiger partial charge in [-0.3, -0.25) is 0 Å². The highest BCUT2D eigenvalue weighted by Gasteiger charge is 2.18. The third-order valence-electron chi connectivity index (χ3n) is 4.20. The highest BCUT2D eigenvalue weighted by Crippen LogP contribution is 2.39. The Morgan fingerprint density at radius 3 is 1.88 bits per heavy atom. The smallest absolute Gasteiger partial charge is 0.161 e. The van der Waals surface area contributed by atoms with E-state index < -0.39 is 0 Å². The zero-order chi connectivity index (χ0) is 17.3. The van der Waals surface area contributed by atoms with E-state index in [4.69, 9.17) is 13.9 Å². The molecule has 1 heterocycles. The van der Waals surface area contributed by atoms with Gasteiger partial charge in [-0.2, -0.15) is 0 Å². The molecule has 0 fully saturated rings. The molecule has 0 saturated heterocycles. The minimum absolute atomic E-state index is 0.689. The van der Waals surface area contributed by atoms with Crippen molar-refractivity contribution in [2.45, 2.75) is 13.8 Å². The van der Waals surface area contributed by atoms with Gasteiger partial charge in [-0.15, -0.1) is 0 Å². The van der Waals surface area contributed by atoms with E-state index in [0.717, 1.165) is 38.2 Å². The van der Waals surface area contributed by atoms with E-state index in [1.807, 2.05) is 42.5 Å². The molecule has 124 valence electrons. The number of benzene rings is 2. The Labute approximate surface area is 150 Å². The minimum Gasteiger partial charge on any atom is -0.493 e. The molecule has 0 atom stereocenters. The van der Waals surface area contributed by atoms with Crippen molar-refractivity contribution in [3.05, 3.63) is 58.1 Å². The van der Waals surface area contributed by atoms with Gasteiger partial charge in [0.1, 0.15) is 11.5 Å². The van der Waals surface area contributed by atoms with Crippen LogP contribution in [0.15, 0.2) is 51.4 Å². The molecular weight excluding hydrogens is 368 g/mol. The Morgan fingerprint density at radius 2 is 1.29 bits per heavy atom. The average molecular weight is 387 g/mol. The average Bonchev–Trinajstić information content (AvgIpc) is 2.90. The number of furan rings is 1. The van der Waals surface area contributed by atoms with E-state index in [2.05, 4.69) is 29.8 Å². The van der Waals surface area contributed by atoms with Gasteiger partial charge in [0.05, 0.1) is 14.2 Å². The van der Waals surface area contributed by atoms with Crippen molar-refractivity contribution >= 4 is 15.9 Å². The highest BCUT2D eigenvalue weighted by molar-refractivity contribution is 9.10. The first-order valence-corrected chi connectivity index (χ1v) is 8.42. The molecule has 0 unspecified atom stereocenters. The van der Waals surface area contributed by atoms with Crippen molar-refractivity contribution in [2.24, 2.45) is 0 Å². The Bertz CT molecular complexity index is 863. The van der Waals surface area contributed by atoms with E-state index in [-0.39, 0.29) is 0 Å². The maximum atomic E-state index is 6.22. The lowest BCUT2D eigenvalue weighted by molar-refractivity contribution is 0.355. The monoisotopic (exact) mass is 386 g/mol. The molecule has 0 aliphatic rings. The Hall–Kier alpha value is -2.20. The molecule has 1 aromatic heterocycles. The van der Waals surface area contributed by atoms with Crippen LogP contribution in [0.25, 0.3) is 22.6 Å². The van der Waals surface area contributed by atoms with Crippen LogP contribution in [0.4, 0.5) is 0 Å². The SMILES string of the molecule is COc1ccc(-c2oc(-c3ccc(Br)cc3)c(C)c2C)cc1OC. The summed E-state index contributed by atoms with van der Waals surface area (Å²) < 4.78 is 18.0. The maximum absolute atomic E-state index is 6.22. The molecule has 24 heavy (non-hydrogen) atoms. The fourth-order valence-electron chi connectivity index (χ4n) is 2.73. The third-order valence-corrected chi connectivity index (χ3v) is 4.73. The Balaban J connectivity index is 2.10. The molecule has 2 aromatic carbocycles. The van der Waals surface area contributed by atoms with Gasteiger partial charge in [0.2, 0.25) is 0 Å². The molecule has 3 aromatic rings. The van der Waals surface area contributed by atoms with Crippen molar-refractivity contribution in [2.75, 3.05) is 14.2 Å². The van der Waals surface area contributed by atoms with Crippen molar-refractivity contribution in [3.63, 3.8) is 0 Å². The molecule has 3 rings (SSSR count). The minimum atomic E-state index is 0.689. The van der Waals surface area contributed by atoms with Crippen molar-refractivity contribution in [1.82, 2.24) is 0 Å². The van der Waals surface area contributed by atoms with Gasteiger partial charge >= 0.3 is 0 Å². The summed E-state index contributed by atoms with van der Waals surface area (Å²) in [6.07, 6.45) is 0. The van der Waals surface area contributed by atoms with Gasteiger partial charge in [0, 0.05) is 15.6 Å². The fourth-order valence-corrected chi connectivity index (χ4v) is 2.99. The number of hydrogen-bond donors (Lipinski definition) is 0. The van der Waals surface area contributed by atoms with E-state index in [1.165, 1.54) is 0 Å². The second kappa shape index (κ2) is 6.73. The second-order valence-electron chi connectivity index (χ2n) is 5.59. The predicted octanol–water partition coefficient (Wildman–Crippen LogP) is 6.01. The summed E-state index contributed by atoms with van der Waals surface area (Å²) in [4.78, 5) is 0. The van der Waals surface area contributed by atoms with E-state index >= 15 is 0 Å². The molecule has 0 amide bonds. The number of ether oxygens (including phenoxy) is 2. The van der Waals surface area contributed by atoms with Crippen LogP contribution >= 0.6 is 15.9 Å². The standard InChI is InChI=1S/C20H19BrO3/c1-12-13(2)20(15-7-10-17(22-3)18(11-15)23-4)24-19(12)14-5-8-16(21)9-6-14/h5-11H,1-4H3. The first-order valence-electron chi connectivity index (χ1n) is 7.63. The topological polar surface area (TPSA) is 31.6 Å². The lowest BCUT2D eigenvalue weighted by atomic mass is 10.0. The van der Waals surface area contributed by atoms with E-state index in [1.54, 1.807) is 14.2 Å². The normalized spacial score (nSPS) is 10.7. The molecule has 0 N–H and O–H groups in total. The van der Waals surface area contributed by atoms with Crippen LogP contribution in [-0.4, -0.2) is 14.2 Å². The van der Waals surface area contributed by atoms with Crippen molar-refractivity contribution in [1.29, 1.82) is 0 Å². The molecule has 0 spiro atoms. The fraction of sp³-hybridized carbons (Fsp3) is 0.200. The van der Waals surface area contributed by atoms with Crippen LogP contribution in [0.1, 0.15) is 11.1 Å². The lowest BCUT2D eigenvalue weighted by Crippen LogP contribution is -1.90. The number of rotatable bonds is 4. The summed E-state index contributed by atoms with van der Waals surface area (Å²) in [5.74, 6) is 3.14. The highest BCUT2D eigenvalue weighted by atomic mass is 79.9. The van der Waals surface area contributed by atoms with E-state index in [0.29, 0.717) is 11.5 Å². The first-order chi connectivity index (χ1) is 11.5. The van der Waals surface area contributed by atoms with Gasteiger partial charge in [-0.1, -0.05) is 28.1 Å². The van der Waals surface area contributed by atoms with Gasteiger partial charge in [0.15, 0.2) is 11.5 Å². The Morgan fingerprint density at radius 1 is 0.750 bits per heavy atom. The molecule has 0 saturated carbocycles. The summed E-state index contributed by atoms with van der Waals surface area (Å²) in [6.45, 7) is 4.16. The molecule has 0 aliphatic carbocycles. The Kier molecular flexibility index (Phi) is 4.67. The summed E-state index contributed by atoms with van der Waals surface area (Å²) in [5, 5.41) is 0. The molecule has 0 bridgehead atoms. The summed E-state index contributed by atoms with van der Waals surface area (Å²) in [7, 11) is 3.26. The number of halogens is 1. The molecular formula is C20H19BrO3. The quantitative estimate of drug-likeness (QED) is 0.549. The number of hydrogen-bond acceptors (Lipinski definition) is 3. The molecule has 0 aliphatic heterocycles.